The number of ether oxygens (including phenoxy) is 1. The minimum absolute atomic E-state index is 0.115. The van der Waals surface area contributed by atoms with E-state index in [4.69, 9.17) is 14.9 Å². The van der Waals surface area contributed by atoms with Crippen LogP contribution in [-0.2, 0) is 0 Å². The summed E-state index contributed by atoms with van der Waals surface area (Å²) in [5, 5.41) is 17.8. The van der Waals surface area contributed by atoms with Gasteiger partial charge in [0, 0.05) is 11.1 Å². The molecule has 0 heterocycles. The van der Waals surface area contributed by atoms with E-state index in [-0.39, 0.29) is 16.9 Å². The molecule has 0 radical (unpaired) electrons. The Balaban J connectivity index is 1.71. The van der Waals surface area contributed by atoms with E-state index in [1.807, 2.05) is 0 Å². The van der Waals surface area contributed by atoms with E-state index in [2.05, 4.69) is 0 Å². The zero-order chi connectivity index (χ0) is 19.4. The first kappa shape index (κ1) is 17.9. The molecule has 0 unspecified atom stereocenters. The van der Waals surface area contributed by atoms with Crippen molar-refractivity contribution in [2.24, 2.45) is 0 Å². The topological polar surface area (TPSA) is 101 Å². The number of hydrogen-bond donors (Lipinski definition) is 2. The summed E-state index contributed by atoms with van der Waals surface area (Å²) >= 11 is 0. The van der Waals surface area contributed by atoms with Crippen LogP contribution in [0, 0.1) is 0 Å². The second kappa shape index (κ2) is 7.53. The molecule has 0 fully saturated rings. The summed E-state index contributed by atoms with van der Waals surface area (Å²) in [6.45, 7) is 0. The highest BCUT2D eigenvalue weighted by atomic mass is 16.5. The molecule has 3 aromatic rings. The molecule has 0 aliphatic heterocycles. The summed E-state index contributed by atoms with van der Waals surface area (Å²) in [6.07, 6.45) is 0. The molecule has 3 aromatic carbocycles. The monoisotopic (exact) mass is 362 g/mol. The normalized spacial score (nSPS) is 10.2. The van der Waals surface area contributed by atoms with E-state index in [0.717, 1.165) is 0 Å². The van der Waals surface area contributed by atoms with Gasteiger partial charge in [-0.05, 0) is 60.7 Å². The Morgan fingerprint density at radius 3 is 1.19 bits per heavy atom. The van der Waals surface area contributed by atoms with Gasteiger partial charge in [-0.2, -0.15) is 0 Å². The highest BCUT2D eigenvalue weighted by Gasteiger charge is 2.11. The number of ketones is 1. The fraction of sp³-hybridized carbons (Fsp3) is 0. The standard InChI is InChI=1S/C21H14O6/c22-19(13-1-3-15(4-2-13)20(23)24)14-5-9-17(10-6-14)27-18-11-7-16(8-12-18)21(25)26/h1-12H,(H,23,24)(H,25,26). The number of carboxylic acid groups (broad SMARTS) is 2. The smallest absolute Gasteiger partial charge is 0.335 e. The number of benzene rings is 3. The van der Waals surface area contributed by atoms with E-state index >= 15 is 0 Å². The van der Waals surface area contributed by atoms with Crippen molar-refractivity contribution < 1.29 is 29.3 Å². The van der Waals surface area contributed by atoms with Gasteiger partial charge in [0.2, 0.25) is 0 Å². The van der Waals surface area contributed by atoms with Crippen molar-refractivity contribution in [1.29, 1.82) is 0 Å². The maximum absolute atomic E-state index is 12.5. The first-order valence-corrected chi connectivity index (χ1v) is 7.93. The number of carbonyl (C=O) groups excluding carboxylic acids is 1. The SMILES string of the molecule is O=C(O)c1ccc(Oc2ccc(C(=O)c3ccc(C(=O)O)cc3)cc2)cc1. The molecule has 0 spiro atoms. The molecule has 0 amide bonds. The molecule has 134 valence electrons. The molecule has 6 nitrogen and oxygen atoms in total. The molecule has 0 atom stereocenters. The van der Waals surface area contributed by atoms with E-state index in [1.54, 1.807) is 36.4 Å². The molecule has 0 aromatic heterocycles. The lowest BCUT2D eigenvalue weighted by Crippen LogP contribution is -2.03. The first-order valence-electron chi connectivity index (χ1n) is 7.93. The third kappa shape index (κ3) is 4.19. The van der Waals surface area contributed by atoms with Crippen LogP contribution in [0.5, 0.6) is 11.5 Å². The summed E-state index contributed by atoms with van der Waals surface area (Å²) < 4.78 is 5.63. The summed E-state index contributed by atoms with van der Waals surface area (Å²) in [5.41, 5.74) is 1.10. The number of carboxylic acids is 2. The summed E-state index contributed by atoms with van der Waals surface area (Å²) in [7, 11) is 0. The van der Waals surface area contributed by atoms with Gasteiger partial charge in [-0.1, -0.05) is 12.1 Å². The van der Waals surface area contributed by atoms with Crippen LogP contribution in [0.2, 0.25) is 0 Å². The van der Waals surface area contributed by atoms with Crippen molar-refractivity contribution in [3.05, 3.63) is 95.1 Å². The van der Waals surface area contributed by atoms with E-state index < -0.39 is 11.9 Å². The second-order valence-electron chi connectivity index (χ2n) is 5.67. The van der Waals surface area contributed by atoms with Gasteiger partial charge in [0.15, 0.2) is 5.78 Å². The summed E-state index contributed by atoms with van der Waals surface area (Å²) in [6, 6.07) is 18.2. The van der Waals surface area contributed by atoms with Crippen LogP contribution in [0.1, 0.15) is 36.6 Å². The second-order valence-corrected chi connectivity index (χ2v) is 5.67. The van der Waals surface area contributed by atoms with Crippen LogP contribution >= 0.6 is 0 Å². The van der Waals surface area contributed by atoms with Gasteiger partial charge < -0.3 is 14.9 Å². The van der Waals surface area contributed by atoms with Crippen LogP contribution in [-0.4, -0.2) is 27.9 Å². The van der Waals surface area contributed by atoms with Crippen molar-refractivity contribution in [3.63, 3.8) is 0 Å². The predicted molar refractivity (Wildman–Crippen MR) is 96.8 cm³/mol. The van der Waals surface area contributed by atoms with Crippen LogP contribution in [0.3, 0.4) is 0 Å². The lowest BCUT2D eigenvalue weighted by Gasteiger charge is -2.07. The summed E-state index contributed by atoms with van der Waals surface area (Å²) in [4.78, 5) is 34.2. The maximum Gasteiger partial charge on any atom is 0.335 e. The number of hydrogen-bond acceptors (Lipinski definition) is 4. The minimum atomic E-state index is -1.05. The van der Waals surface area contributed by atoms with Crippen LogP contribution in [0.25, 0.3) is 0 Å². The molecule has 6 heteroatoms. The average molecular weight is 362 g/mol. The fourth-order valence-electron chi connectivity index (χ4n) is 2.41. The lowest BCUT2D eigenvalue weighted by atomic mass is 10.0. The largest absolute Gasteiger partial charge is 0.478 e. The van der Waals surface area contributed by atoms with Crippen molar-refractivity contribution in [2.45, 2.75) is 0 Å². The average Bonchev–Trinajstić information content (AvgIpc) is 2.68. The third-order valence-corrected chi connectivity index (χ3v) is 3.85. The van der Waals surface area contributed by atoms with Gasteiger partial charge in [-0.25, -0.2) is 9.59 Å². The zero-order valence-corrected chi connectivity index (χ0v) is 14.0. The first-order chi connectivity index (χ1) is 12.9. The van der Waals surface area contributed by atoms with Gasteiger partial charge in [-0.15, -0.1) is 0 Å². The third-order valence-electron chi connectivity index (χ3n) is 3.85. The molecule has 3 rings (SSSR count). The van der Waals surface area contributed by atoms with Crippen LogP contribution in [0.4, 0.5) is 0 Å². The molecule has 0 aliphatic carbocycles. The zero-order valence-electron chi connectivity index (χ0n) is 14.0. The Bertz CT molecular complexity index is 986. The Morgan fingerprint density at radius 2 is 0.815 bits per heavy atom. The molecule has 27 heavy (non-hydrogen) atoms. The molecule has 0 bridgehead atoms. The van der Waals surface area contributed by atoms with Crippen molar-refractivity contribution in [3.8, 4) is 11.5 Å². The van der Waals surface area contributed by atoms with E-state index in [9.17, 15) is 14.4 Å². The molecule has 0 saturated heterocycles. The Morgan fingerprint density at radius 1 is 0.519 bits per heavy atom. The Kier molecular flexibility index (Phi) is 4.99. The maximum atomic E-state index is 12.5. The van der Waals surface area contributed by atoms with Gasteiger partial charge in [-0.3, -0.25) is 4.79 Å². The Labute approximate surface area is 154 Å². The number of aromatic carboxylic acids is 2. The van der Waals surface area contributed by atoms with Crippen LogP contribution in [0.15, 0.2) is 72.8 Å². The van der Waals surface area contributed by atoms with Gasteiger partial charge in [0.1, 0.15) is 11.5 Å². The van der Waals surface area contributed by atoms with Gasteiger partial charge in [0.05, 0.1) is 11.1 Å². The quantitative estimate of drug-likeness (QED) is 0.640. The predicted octanol–water partition coefficient (Wildman–Crippen LogP) is 4.11. The molecule has 2 N–H and O–H groups in total. The lowest BCUT2D eigenvalue weighted by molar-refractivity contribution is 0.0686. The number of rotatable bonds is 6. The van der Waals surface area contributed by atoms with E-state index in [1.165, 1.54) is 36.4 Å². The van der Waals surface area contributed by atoms with Crippen LogP contribution < -0.4 is 4.74 Å². The van der Waals surface area contributed by atoms with E-state index in [0.29, 0.717) is 22.6 Å². The fourth-order valence-corrected chi connectivity index (χ4v) is 2.41. The molecular weight excluding hydrogens is 348 g/mol. The minimum Gasteiger partial charge on any atom is -0.478 e. The van der Waals surface area contributed by atoms with Crippen molar-refractivity contribution >= 4 is 17.7 Å². The highest BCUT2D eigenvalue weighted by molar-refractivity contribution is 6.09. The molecule has 0 aliphatic rings. The Hall–Kier alpha value is -3.93. The summed E-state index contributed by atoms with van der Waals surface area (Å²) in [5.74, 6) is -1.32. The highest BCUT2D eigenvalue weighted by Crippen LogP contribution is 2.23. The molecule has 0 saturated carbocycles. The van der Waals surface area contributed by atoms with Gasteiger partial charge >= 0.3 is 11.9 Å². The van der Waals surface area contributed by atoms with Crippen molar-refractivity contribution in [2.75, 3.05) is 0 Å². The van der Waals surface area contributed by atoms with Crippen molar-refractivity contribution in [1.82, 2.24) is 0 Å². The van der Waals surface area contributed by atoms with Gasteiger partial charge in [0.25, 0.3) is 0 Å². The number of carbonyl (C=O) groups is 3. The molecular formula is C21H14O6.